The molecule has 0 aromatic carbocycles. The molecule has 8 nitrogen and oxygen atoms in total. The first kappa shape index (κ1) is 21.1. The van der Waals surface area contributed by atoms with E-state index in [2.05, 4.69) is 6.92 Å². The molecule has 0 radical (unpaired) electrons. The summed E-state index contributed by atoms with van der Waals surface area (Å²) in [5.41, 5.74) is -1.20. The minimum Gasteiger partial charge on any atom is -0.394 e. The molecule has 30 heavy (non-hydrogen) atoms. The average molecular weight is 418 g/mol. The first-order valence-electron chi connectivity index (χ1n) is 10.9. The van der Waals surface area contributed by atoms with Crippen molar-refractivity contribution in [3.05, 3.63) is 24.3 Å². The lowest BCUT2D eigenvalue weighted by Crippen LogP contribution is -2.57. The summed E-state index contributed by atoms with van der Waals surface area (Å²) in [6.45, 7) is 5.03. The van der Waals surface area contributed by atoms with Crippen LogP contribution in [-0.2, 0) is 19.1 Å². The van der Waals surface area contributed by atoms with Crippen LogP contribution < -0.4 is 0 Å². The fourth-order valence-electron chi connectivity index (χ4n) is 5.36. The van der Waals surface area contributed by atoms with E-state index in [1.54, 1.807) is 23.8 Å². The molecule has 4 rings (SSSR count). The van der Waals surface area contributed by atoms with Gasteiger partial charge in [-0.05, 0) is 13.3 Å². The second kappa shape index (κ2) is 7.81. The predicted octanol–water partition coefficient (Wildman–Crippen LogP) is 0.175. The standard InChI is InChI=1S/C22H31N3O5/c1-4-5-11-24-12-7-9-22-17(16-15(30-22)8-6-10-23(3)19(16)27)20(28)25(14(2)13-26)18(22)21(24)29/h6-9,14-18,26H,4-5,10-13H2,1-3H3/t14-,15-,16+,17+,18?,22+/m1/s1. The fourth-order valence-corrected chi connectivity index (χ4v) is 5.36. The van der Waals surface area contributed by atoms with Crippen molar-refractivity contribution >= 4 is 17.7 Å². The Morgan fingerprint density at radius 2 is 1.97 bits per heavy atom. The Balaban J connectivity index is 1.82. The zero-order chi connectivity index (χ0) is 21.6. The summed E-state index contributed by atoms with van der Waals surface area (Å²) in [4.78, 5) is 45.4. The highest BCUT2D eigenvalue weighted by Crippen LogP contribution is 2.53. The Morgan fingerprint density at radius 3 is 2.67 bits per heavy atom. The van der Waals surface area contributed by atoms with Crippen molar-refractivity contribution in [2.24, 2.45) is 11.8 Å². The number of carbonyl (C=O) groups excluding carboxylic acids is 3. The molecule has 1 unspecified atom stereocenters. The van der Waals surface area contributed by atoms with Crippen LogP contribution in [0.4, 0.5) is 0 Å². The maximum Gasteiger partial charge on any atom is 0.249 e. The Labute approximate surface area is 177 Å². The van der Waals surface area contributed by atoms with E-state index in [0.29, 0.717) is 19.6 Å². The van der Waals surface area contributed by atoms with E-state index in [4.69, 9.17) is 4.74 Å². The van der Waals surface area contributed by atoms with E-state index in [1.807, 2.05) is 24.3 Å². The van der Waals surface area contributed by atoms with Gasteiger partial charge in [-0.25, -0.2) is 0 Å². The van der Waals surface area contributed by atoms with Crippen molar-refractivity contribution in [2.45, 2.75) is 50.5 Å². The zero-order valence-electron chi connectivity index (χ0n) is 17.9. The Hall–Kier alpha value is -2.19. The van der Waals surface area contributed by atoms with Gasteiger partial charge in [0.2, 0.25) is 17.7 Å². The molecule has 6 atom stereocenters. The third-order valence-corrected chi connectivity index (χ3v) is 6.90. The van der Waals surface area contributed by atoms with Crippen LogP contribution >= 0.6 is 0 Å². The largest absolute Gasteiger partial charge is 0.394 e. The second-order valence-electron chi connectivity index (χ2n) is 8.81. The number of carbonyl (C=O) groups is 3. The van der Waals surface area contributed by atoms with Crippen molar-refractivity contribution < 1.29 is 24.2 Å². The molecule has 4 aliphatic rings. The number of nitrogens with zero attached hydrogens (tertiary/aromatic N) is 3. The molecule has 8 heteroatoms. The van der Waals surface area contributed by atoms with Crippen LogP contribution in [0, 0.1) is 11.8 Å². The quantitative estimate of drug-likeness (QED) is 0.645. The van der Waals surface area contributed by atoms with Gasteiger partial charge in [0.15, 0.2) is 0 Å². The van der Waals surface area contributed by atoms with E-state index < -0.39 is 35.6 Å². The molecular formula is C22H31N3O5. The molecule has 164 valence electrons. The predicted molar refractivity (Wildman–Crippen MR) is 109 cm³/mol. The molecular weight excluding hydrogens is 386 g/mol. The molecule has 0 bridgehead atoms. The summed E-state index contributed by atoms with van der Waals surface area (Å²) in [7, 11) is 1.71. The van der Waals surface area contributed by atoms with Gasteiger partial charge in [-0.15, -0.1) is 0 Å². The number of amides is 3. The van der Waals surface area contributed by atoms with Gasteiger partial charge in [0, 0.05) is 26.7 Å². The van der Waals surface area contributed by atoms with Crippen LogP contribution in [0.25, 0.3) is 0 Å². The molecule has 1 spiro atoms. The molecule has 1 N–H and O–H groups in total. The number of aliphatic hydroxyl groups is 1. The maximum atomic E-state index is 13.7. The topological polar surface area (TPSA) is 90.4 Å². The van der Waals surface area contributed by atoms with Crippen LogP contribution in [0.15, 0.2) is 24.3 Å². The summed E-state index contributed by atoms with van der Waals surface area (Å²) in [6.07, 6.45) is 8.72. The van der Waals surface area contributed by atoms with E-state index in [0.717, 1.165) is 12.8 Å². The van der Waals surface area contributed by atoms with E-state index >= 15 is 0 Å². The molecule has 2 fully saturated rings. The van der Waals surface area contributed by atoms with E-state index in [1.165, 1.54) is 4.90 Å². The number of hydrogen-bond acceptors (Lipinski definition) is 5. The minimum atomic E-state index is -1.20. The zero-order valence-corrected chi connectivity index (χ0v) is 17.9. The van der Waals surface area contributed by atoms with Crippen molar-refractivity contribution in [2.75, 3.05) is 33.3 Å². The number of hydrogen-bond donors (Lipinski definition) is 1. The normalized spacial score (nSPS) is 36.5. The van der Waals surface area contributed by atoms with Crippen molar-refractivity contribution in [3.8, 4) is 0 Å². The Kier molecular flexibility index (Phi) is 5.48. The van der Waals surface area contributed by atoms with Crippen LogP contribution in [0.2, 0.25) is 0 Å². The Morgan fingerprint density at radius 1 is 1.20 bits per heavy atom. The number of rotatable bonds is 5. The van der Waals surface area contributed by atoms with Gasteiger partial charge in [0.25, 0.3) is 0 Å². The van der Waals surface area contributed by atoms with Gasteiger partial charge in [0.05, 0.1) is 30.6 Å². The van der Waals surface area contributed by atoms with Crippen molar-refractivity contribution in [1.29, 1.82) is 0 Å². The molecule has 0 aliphatic carbocycles. The molecule has 4 heterocycles. The van der Waals surface area contributed by atoms with Crippen molar-refractivity contribution in [3.63, 3.8) is 0 Å². The number of fused-ring (bicyclic) bond motifs is 2. The molecule has 4 aliphatic heterocycles. The van der Waals surface area contributed by atoms with Gasteiger partial charge in [-0.2, -0.15) is 0 Å². The summed E-state index contributed by atoms with van der Waals surface area (Å²) in [5, 5.41) is 9.84. The maximum absolute atomic E-state index is 13.7. The number of likely N-dealkylation sites (N-methyl/N-ethyl adjacent to an activating group) is 1. The lowest BCUT2D eigenvalue weighted by atomic mass is 9.77. The van der Waals surface area contributed by atoms with Crippen LogP contribution in [0.3, 0.4) is 0 Å². The highest BCUT2D eigenvalue weighted by molar-refractivity contribution is 5.99. The highest BCUT2D eigenvalue weighted by atomic mass is 16.5. The van der Waals surface area contributed by atoms with Gasteiger partial charge in [-0.3, -0.25) is 14.4 Å². The number of likely N-dealkylation sites (tertiary alicyclic amines) is 1. The third-order valence-electron chi connectivity index (χ3n) is 6.90. The smallest absolute Gasteiger partial charge is 0.249 e. The summed E-state index contributed by atoms with van der Waals surface area (Å²) < 4.78 is 6.47. The van der Waals surface area contributed by atoms with E-state index in [9.17, 15) is 19.5 Å². The van der Waals surface area contributed by atoms with Gasteiger partial charge in [-0.1, -0.05) is 37.6 Å². The fraction of sp³-hybridized carbons (Fsp3) is 0.682. The third kappa shape index (κ3) is 2.92. The molecule has 0 aromatic rings. The van der Waals surface area contributed by atoms with Crippen LogP contribution in [0.1, 0.15) is 26.7 Å². The summed E-state index contributed by atoms with van der Waals surface area (Å²) in [5.74, 6) is -2.08. The van der Waals surface area contributed by atoms with Gasteiger partial charge < -0.3 is 24.5 Å². The van der Waals surface area contributed by atoms with Gasteiger partial charge in [0.1, 0.15) is 11.6 Å². The Bertz CT molecular complexity index is 796. The molecule has 0 saturated carbocycles. The van der Waals surface area contributed by atoms with Crippen LogP contribution in [0.5, 0.6) is 0 Å². The van der Waals surface area contributed by atoms with Crippen LogP contribution in [-0.4, -0.2) is 94.6 Å². The highest BCUT2D eigenvalue weighted by Gasteiger charge is 2.72. The lowest BCUT2D eigenvalue weighted by molar-refractivity contribution is -0.150. The summed E-state index contributed by atoms with van der Waals surface area (Å²) in [6, 6.07) is -1.43. The average Bonchev–Trinajstić information content (AvgIpc) is 3.07. The first-order valence-corrected chi connectivity index (χ1v) is 10.9. The number of ether oxygens (including phenoxy) is 1. The molecule has 3 amide bonds. The first-order chi connectivity index (χ1) is 14.4. The number of aliphatic hydroxyl groups excluding tert-OH is 1. The molecule has 0 aromatic heterocycles. The SMILES string of the molecule is CCCCN1CC=C[C@]23O[C@@H]4C=CCN(C)C(=O)[C@@H]4[C@H]2C(=O)N([C@H](C)CO)C3C1=O. The number of unbranched alkanes of at least 4 members (excludes halogenated alkanes) is 1. The summed E-state index contributed by atoms with van der Waals surface area (Å²) >= 11 is 0. The second-order valence-corrected chi connectivity index (χ2v) is 8.81. The minimum absolute atomic E-state index is 0.148. The molecule has 2 saturated heterocycles. The van der Waals surface area contributed by atoms with Crippen molar-refractivity contribution in [1.82, 2.24) is 14.7 Å². The monoisotopic (exact) mass is 417 g/mol. The van der Waals surface area contributed by atoms with E-state index in [-0.39, 0.29) is 24.3 Å². The van der Waals surface area contributed by atoms with Gasteiger partial charge >= 0.3 is 0 Å². The lowest BCUT2D eigenvalue weighted by Gasteiger charge is -2.37.